The van der Waals surface area contributed by atoms with Crippen LogP contribution in [-0.2, 0) is 16.1 Å². The SMILES string of the molecule is CCN(Cc1ccccc1C)C(=O)CNC(=O)[C@@H](N)C(C)C.Cl. The fourth-order valence-corrected chi connectivity index (χ4v) is 2.06. The predicted molar refractivity (Wildman–Crippen MR) is 95.3 cm³/mol. The van der Waals surface area contributed by atoms with E-state index in [-0.39, 0.29) is 36.7 Å². The van der Waals surface area contributed by atoms with Crippen molar-refractivity contribution in [2.45, 2.75) is 40.3 Å². The molecule has 130 valence electrons. The average molecular weight is 342 g/mol. The van der Waals surface area contributed by atoms with Crippen molar-refractivity contribution in [3.63, 3.8) is 0 Å². The molecule has 0 saturated heterocycles. The lowest BCUT2D eigenvalue weighted by molar-refractivity contribution is -0.133. The number of nitrogens with one attached hydrogen (secondary N) is 1. The Kier molecular flexibility index (Phi) is 9.53. The molecule has 0 aliphatic heterocycles. The van der Waals surface area contributed by atoms with E-state index >= 15 is 0 Å². The molecule has 0 aromatic heterocycles. The lowest BCUT2D eigenvalue weighted by Gasteiger charge is -2.23. The molecule has 0 spiro atoms. The highest BCUT2D eigenvalue weighted by atomic mass is 35.5. The number of rotatable bonds is 7. The number of halogens is 1. The van der Waals surface area contributed by atoms with Crippen LogP contribution in [-0.4, -0.2) is 35.8 Å². The Labute approximate surface area is 145 Å². The number of nitrogens with two attached hydrogens (primary N) is 1. The van der Waals surface area contributed by atoms with Crippen LogP contribution in [0.1, 0.15) is 31.9 Å². The highest BCUT2D eigenvalue weighted by Gasteiger charge is 2.19. The molecule has 2 amide bonds. The first-order valence-electron chi connectivity index (χ1n) is 7.72. The van der Waals surface area contributed by atoms with Crippen molar-refractivity contribution in [3.05, 3.63) is 35.4 Å². The van der Waals surface area contributed by atoms with Crippen molar-refractivity contribution < 1.29 is 9.59 Å². The van der Waals surface area contributed by atoms with Gasteiger partial charge in [-0.05, 0) is 30.9 Å². The van der Waals surface area contributed by atoms with Gasteiger partial charge in [-0.2, -0.15) is 0 Å². The molecule has 0 aliphatic rings. The Morgan fingerprint density at radius 3 is 2.39 bits per heavy atom. The van der Waals surface area contributed by atoms with Crippen LogP contribution in [0.4, 0.5) is 0 Å². The van der Waals surface area contributed by atoms with E-state index in [1.54, 1.807) is 4.90 Å². The van der Waals surface area contributed by atoms with E-state index in [0.717, 1.165) is 11.1 Å². The maximum atomic E-state index is 12.3. The molecule has 0 saturated carbocycles. The summed E-state index contributed by atoms with van der Waals surface area (Å²) >= 11 is 0. The van der Waals surface area contributed by atoms with Gasteiger partial charge in [0.15, 0.2) is 0 Å². The normalized spacial score (nSPS) is 11.6. The summed E-state index contributed by atoms with van der Waals surface area (Å²) in [5, 5.41) is 2.62. The van der Waals surface area contributed by atoms with Crippen LogP contribution in [0.15, 0.2) is 24.3 Å². The van der Waals surface area contributed by atoms with Crippen LogP contribution in [0.5, 0.6) is 0 Å². The van der Waals surface area contributed by atoms with Gasteiger partial charge in [0, 0.05) is 13.1 Å². The molecule has 6 heteroatoms. The minimum atomic E-state index is -0.584. The zero-order valence-corrected chi connectivity index (χ0v) is 15.2. The Bertz CT molecular complexity index is 520. The van der Waals surface area contributed by atoms with Crippen LogP contribution < -0.4 is 11.1 Å². The van der Waals surface area contributed by atoms with Crippen molar-refractivity contribution in [2.75, 3.05) is 13.1 Å². The number of nitrogens with zero attached hydrogens (tertiary/aromatic N) is 1. The minimum absolute atomic E-state index is 0. The van der Waals surface area contributed by atoms with E-state index in [4.69, 9.17) is 5.73 Å². The van der Waals surface area contributed by atoms with Crippen molar-refractivity contribution in [1.29, 1.82) is 0 Å². The second-order valence-corrected chi connectivity index (χ2v) is 5.82. The summed E-state index contributed by atoms with van der Waals surface area (Å²) in [5.41, 5.74) is 8.03. The molecular weight excluding hydrogens is 314 g/mol. The molecule has 23 heavy (non-hydrogen) atoms. The second kappa shape index (κ2) is 10.2. The largest absolute Gasteiger partial charge is 0.346 e. The summed E-state index contributed by atoms with van der Waals surface area (Å²) in [4.78, 5) is 25.8. The molecule has 1 aromatic rings. The van der Waals surface area contributed by atoms with E-state index in [2.05, 4.69) is 5.32 Å². The van der Waals surface area contributed by atoms with Gasteiger partial charge in [-0.15, -0.1) is 12.4 Å². The number of carbonyl (C=O) groups excluding carboxylic acids is 2. The molecule has 5 nitrogen and oxygen atoms in total. The summed E-state index contributed by atoms with van der Waals surface area (Å²) in [6.45, 7) is 8.84. The Morgan fingerprint density at radius 2 is 1.87 bits per heavy atom. The standard InChI is InChI=1S/C17H27N3O2.ClH/c1-5-20(11-14-9-7-6-8-13(14)4)15(21)10-19-17(22)16(18)12(2)3;/h6-9,12,16H,5,10-11,18H2,1-4H3,(H,19,22);1H/t16-;/m0./s1. The molecule has 0 heterocycles. The van der Waals surface area contributed by atoms with Crippen LogP contribution in [0, 0.1) is 12.8 Å². The van der Waals surface area contributed by atoms with E-state index in [1.807, 2.05) is 52.0 Å². The Balaban J connectivity index is 0.00000484. The number of amides is 2. The first-order chi connectivity index (χ1) is 10.4. The average Bonchev–Trinajstić information content (AvgIpc) is 2.50. The van der Waals surface area contributed by atoms with Crippen molar-refractivity contribution in [2.24, 2.45) is 11.7 Å². The zero-order chi connectivity index (χ0) is 16.7. The van der Waals surface area contributed by atoms with Gasteiger partial charge in [0.2, 0.25) is 11.8 Å². The molecular formula is C17H28ClN3O2. The number of aryl methyl sites for hydroxylation is 1. The predicted octanol–water partition coefficient (Wildman–Crippen LogP) is 1.86. The topological polar surface area (TPSA) is 75.4 Å². The van der Waals surface area contributed by atoms with Gasteiger partial charge in [-0.25, -0.2) is 0 Å². The third-order valence-corrected chi connectivity index (χ3v) is 3.79. The first kappa shape index (κ1) is 21.4. The smallest absolute Gasteiger partial charge is 0.242 e. The molecule has 0 radical (unpaired) electrons. The fraction of sp³-hybridized carbons (Fsp3) is 0.529. The first-order valence-corrected chi connectivity index (χ1v) is 7.72. The third kappa shape index (κ3) is 6.59. The van der Waals surface area contributed by atoms with Gasteiger partial charge in [0.25, 0.3) is 0 Å². The van der Waals surface area contributed by atoms with Gasteiger partial charge >= 0.3 is 0 Å². The van der Waals surface area contributed by atoms with Gasteiger partial charge < -0.3 is 16.0 Å². The highest BCUT2D eigenvalue weighted by Crippen LogP contribution is 2.10. The van der Waals surface area contributed by atoms with Crippen molar-refractivity contribution in [3.8, 4) is 0 Å². The number of likely N-dealkylation sites (N-methyl/N-ethyl adjacent to an activating group) is 1. The summed E-state index contributed by atoms with van der Waals surface area (Å²) in [5.74, 6) is -0.338. The minimum Gasteiger partial charge on any atom is -0.346 e. The summed E-state index contributed by atoms with van der Waals surface area (Å²) < 4.78 is 0. The molecule has 0 unspecified atom stereocenters. The Hall–Kier alpha value is -1.59. The van der Waals surface area contributed by atoms with Crippen molar-refractivity contribution >= 4 is 24.2 Å². The monoisotopic (exact) mass is 341 g/mol. The maximum absolute atomic E-state index is 12.3. The molecule has 1 atom stereocenters. The number of carbonyl (C=O) groups is 2. The molecule has 3 N–H and O–H groups in total. The fourth-order valence-electron chi connectivity index (χ4n) is 2.06. The zero-order valence-electron chi connectivity index (χ0n) is 14.3. The van der Waals surface area contributed by atoms with E-state index in [9.17, 15) is 9.59 Å². The van der Waals surface area contributed by atoms with Gasteiger partial charge in [-0.3, -0.25) is 9.59 Å². The van der Waals surface area contributed by atoms with Crippen LogP contribution in [0.2, 0.25) is 0 Å². The quantitative estimate of drug-likeness (QED) is 0.795. The van der Waals surface area contributed by atoms with Gasteiger partial charge in [0.05, 0.1) is 12.6 Å². The second-order valence-electron chi connectivity index (χ2n) is 5.82. The number of benzene rings is 1. The lowest BCUT2D eigenvalue weighted by atomic mass is 10.1. The third-order valence-electron chi connectivity index (χ3n) is 3.79. The summed E-state index contributed by atoms with van der Waals surface area (Å²) in [6, 6.07) is 7.39. The summed E-state index contributed by atoms with van der Waals surface area (Å²) in [6.07, 6.45) is 0. The molecule has 1 aromatic carbocycles. The van der Waals surface area contributed by atoms with Crippen molar-refractivity contribution in [1.82, 2.24) is 10.2 Å². The molecule has 1 rings (SSSR count). The van der Waals surface area contributed by atoms with Crippen LogP contribution in [0.25, 0.3) is 0 Å². The maximum Gasteiger partial charge on any atom is 0.242 e. The number of hydrogen-bond donors (Lipinski definition) is 2. The molecule has 0 aliphatic carbocycles. The summed E-state index contributed by atoms with van der Waals surface area (Å²) in [7, 11) is 0. The highest BCUT2D eigenvalue weighted by molar-refractivity contribution is 5.87. The molecule has 0 fully saturated rings. The van der Waals surface area contributed by atoms with Gasteiger partial charge in [-0.1, -0.05) is 38.1 Å². The van der Waals surface area contributed by atoms with Crippen LogP contribution >= 0.6 is 12.4 Å². The van der Waals surface area contributed by atoms with E-state index in [1.165, 1.54) is 0 Å². The number of hydrogen-bond acceptors (Lipinski definition) is 3. The molecule has 0 bridgehead atoms. The lowest BCUT2D eigenvalue weighted by Crippen LogP contribution is -2.47. The van der Waals surface area contributed by atoms with Crippen LogP contribution in [0.3, 0.4) is 0 Å². The van der Waals surface area contributed by atoms with E-state index in [0.29, 0.717) is 13.1 Å². The van der Waals surface area contributed by atoms with Gasteiger partial charge in [0.1, 0.15) is 0 Å². The van der Waals surface area contributed by atoms with E-state index < -0.39 is 6.04 Å². The Morgan fingerprint density at radius 1 is 1.26 bits per heavy atom.